The van der Waals surface area contributed by atoms with Gasteiger partial charge in [0.2, 0.25) is 5.91 Å². The van der Waals surface area contributed by atoms with Gasteiger partial charge in [0.05, 0.1) is 5.92 Å². The lowest BCUT2D eigenvalue weighted by atomic mass is 9.80. The Hall–Kier alpha value is -1.06. The third-order valence-corrected chi connectivity index (χ3v) is 3.50. The minimum absolute atomic E-state index is 0.0558. The van der Waals surface area contributed by atoms with Crippen LogP contribution in [0.4, 0.5) is 0 Å². The first kappa shape index (κ1) is 16.9. The van der Waals surface area contributed by atoms with Crippen LogP contribution in [0.2, 0.25) is 0 Å². The number of rotatable bonds is 7. The first-order valence-electron chi connectivity index (χ1n) is 6.68. The smallest absolute Gasteiger partial charge is 0.308 e. The van der Waals surface area contributed by atoms with Crippen LogP contribution < -0.4 is 5.32 Å². The van der Waals surface area contributed by atoms with Crippen molar-refractivity contribution >= 4 is 11.9 Å². The molecule has 0 rings (SSSR count). The van der Waals surface area contributed by atoms with Crippen LogP contribution in [-0.4, -0.2) is 23.5 Å². The first-order chi connectivity index (χ1) is 8.18. The fourth-order valence-electron chi connectivity index (χ4n) is 1.55. The Bertz CT molecular complexity index is 281. The monoisotopic (exact) mass is 257 g/mol. The molecule has 1 amide bonds. The first-order valence-corrected chi connectivity index (χ1v) is 6.68. The van der Waals surface area contributed by atoms with Crippen LogP contribution in [0, 0.1) is 17.3 Å². The van der Waals surface area contributed by atoms with E-state index in [1.807, 2.05) is 13.8 Å². The summed E-state index contributed by atoms with van der Waals surface area (Å²) in [5.74, 6) is -1.09. The number of hydrogen-bond donors (Lipinski definition) is 2. The molecule has 0 aliphatic rings. The Morgan fingerprint density at radius 1 is 1.28 bits per heavy atom. The number of carbonyl (C=O) groups excluding carboxylic acids is 1. The van der Waals surface area contributed by atoms with Gasteiger partial charge in [-0.1, -0.05) is 41.0 Å². The number of nitrogens with one attached hydrogen (secondary N) is 1. The zero-order valence-corrected chi connectivity index (χ0v) is 12.2. The Morgan fingerprint density at radius 3 is 2.22 bits per heavy atom. The van der Waals surface area contributed by atoms with E-state index in [0.29, 0.717) is 12.8 Å². The summed E-state index contributed by atoms with van der Waals surface area (Å²) in [6.07, 6.45) is 1.86. The maximum absolute atomic E-state index is 11.7. The average Bonchev–Trinajstić information content (AvgIpc) is 2.22. The predicted molar refractivity (Wildman–Crippen MR) is 72.3 cm³/mol. The van der Waals surface area contributed by atoms with Crippen molar-refractivity contribution in [3.05, 3.63) is 0 Å². The lowest BCUT2D eigenvalue weighted by Crippen LogP contribution is -2.35. The van der Waals surface area contributed by atoms with Gasteiger partial charge in [0.1, 0.15) is 0 Å². The van der Waals surface area contributed by atoms with Crippen molar-refractivity contribution in [2.45, 2.75) is 53.9 Å². The molecule has 2 N–H and O–H groups in total. The highest BCUT2D eigenvalue weighted by Gasteiger charge is 2.23. The van der Waals surface area contributed by atoms with Crippen molar-refractivity contribution in [1.29, 1.82) is 0 Å². The lowest BCUT2D eigenvalue weighted by molar-refractivity contribution is -0.142. The standard InChI is InChI=1S/C14H27NO3/c1-6-7-11(13(17)18)9-15-12(16)8-10(2)14(3,4)5/h10-11H,6-9H2,1-5H3,(H,15,16)(H,17,18). The van der Waals surface area contributed by atoms with Gasteiger partial charge < -0.3 is 10.4 Å². The summed E-state index contributed by atoms with van der Waals surface area (Å²) in [6, 6.07) is 0. The molecule has 4 nitrogen and oxygen atoms in total. The molecule has 0 aromatic heterocycles. The third-order valence-electron chi connectivity index (χ3n) is 3.50. The van der Waals surface area contributed by atoms with E-state index in [4.69, 9.17) is 5.11 Å². The van der Waals surface area contributed by atoms with Crippen LogP contribution in [0.1, 0.15) is 53.9 Å². The predicted octanol–water partition coefficient (Wildman–Crippen LogP) is 2.68. The van der Waals surface area contributed by atoms with E-state index in [1.54, 1.807) is 0 Å². The molecule has 2 unspecified atom stereocenters. The number of aliphatic carboxylic acids is 1. The van der Waals surface area contributed by atoms with Gasteiger partial charge in [0.25, 0.3) is 0 Å². The molecule has 106 valence electrons. The minimum Gasteiger partial charge on any atom is -0.481 e. The van der Waals surface area contributed by atoms with Gasteiger partial charge in [-0.2, -0.15) is 0 Å². The highest BCUT2D eigenvalue weighted by Crippen LogP contribution is 2.27. The van der Waals surface area contributed by atoms with Gasteiger partial charge in [-0.25, -0.2) is 0 Å². The Morgan fingerprint density at radius 2 is 1.83 bits per heavy atom. The Balaban J connectivity index is 4.13. The molecule has 0 spiro atoms. The molecular formula is C14H27NO3. The maximum atomic E-state index is 11.7. The summed E-state index contributed by atoms with van der Waals surface area (Å²) in [5, 5.41) is 11.7. The Kier molecular flexibility index (Phi) is 6.96. The van der Waals surface area contributed by atoms with Crippen LogP contribution in [0.15, 0.2) is 0 Å². The summed E-state index contributed by atoms with van der Waals surface area (Å²) in [7, 11) is 0. The van der Waals surface area contributed by atoms with E-state index in [1.165, 1.54) is 0 Å². The maximum Gasteiger partial charge on any atom is 0.308 e. The molecule has 0 bridgehead atoms. The van der Waals surface area contributed by atoms with Gasteiger partial charge in [0, 0.05) is 13.0 Å². The fraction of sp³-hybridized carbons (Fsp3) is 0.857. The van der Waals surface area contributed by atoms with E-state index in [-0.39, 0.29) is 23.8 Å². The minimum atomic E-state index is -0.832. The highest BCUT2D eigenvalue weighted by atomic mass is 16.4. The molecule has 4 heteroatoms. The van der Waals surface area contributed by atoms with Crippen molar-refractivity contribution < 1.29 is 14.7 Å². The van der Waals surface area contributed by atoms with Crippen molar-refractivity contribution in [3.63, 3.8) is 0 Å². The molecular weight excluding hydrogens is 230 g/mol. The third kappa shape index (κ3) is 6.62. The van der Waals surface area contributed by atoms with Crippen LogP contribution >= 0.6 is 0 Å². The topological polar surface area (TPSA) is 66.4 Å². The average molecular weight is 257 g/mol. The molecule has 0 heterocycles. The van der Waals surface area contributed by atoms with Crippen molar-refractivity contribution in [3.8, 4) is 0 Å². The van der Waals surface area contributed by atoms with E-state index in [2.05, 4.69) is 26.1 Å². The second-order valence-corrected chi connectivity index (χ2v) is 6.10. The second-order valence-electron chi connectivity index (χ2n) is 6.10. The van der Waals surface area contributed by atoms with Gasteiger partial charge in [-0.15, -0.1) is 0 Å². The summed E-state index contributed by atoms with van der Waals surface area (Å²) < 4.78 is 0. The molecule has 0 saturated carbocycles. The molecule has 0 aliphatic carbocycles. The SMILES string of the molecule is CCCC(CNC(=O)CC(C)C(C)(C)C)C(=O)O. The van der Waals surface area contributed by atoms with Gasteiger partial charge in [-0.3, -0.25) is 9.59 Å². The summed E-state index contributed by atoms with van der Waals surface area (Å²) in [4.78, 5) is 22.7. The number of carbonyl (C=O) groups is 2. The van der Waals surface area contributed by atoms with Crippen LogP contribution in [0.5, 0.6) is 0 Å². The summed E-state index contributed by atoms with van der Waals surface area (Å²) in [5.41, 5.74) is 0.0902. The molecule has 0 aromatic carbocycles. The molecule has 0 radical (unpaired) electrons. The van der Waals surface area contributed by atoms with Crippen molar-refractivity contribution in [2.75, 3.05) is 6.54 Å². The zero-order valence-electron chi connectivity index (χ0n) is 12.2. The number of carboxylic acid groups (broad SMARTS) is 1. The molecule has 0 fully saturated rings. The largest absolute Gasteiger partial charge is 0.481 e. The number of hydrogen-bond acceptors (Lipinski definition) is 2. The van der Waals surface area contributed by atoms with Crippen LogP contribution in [0.3, 0.4) is 0 Å². The highest BCUT2D eigenvalue weighted by molar-refractivity contribution is 5.77. The summed E-state index contributed by atoms with van der Waals surface area (Å²) in [6.45, 7) is 10.5. The van der Waals surface area contributed by atoms with Gasteiger partial charge in [-0.05, 0) is 17.8 Å². The lowest BCUT2D eigenvalue weighted by Gasteiger charge is -2.26. The molecule has 0 aliphatic heterocycles. The Labute approximate surface area is 110 Å². The van der Waals surface area contributed by atoms with Crippen LogP contribution in [0.25, 0.3) is 0 Å². The van der Waals surface area contributed by atoms with E-state index in [9.17, 15) is 9.59 Å². The normalized spacial score (nSPS) is 14.9. The van der Waals surface area contributed by atoms with E-state index in [0.717, 1.165) is 6.42 Å². The van der Waals surface area contributed by atoms with E-state index < -0.39 is 11.9 Å². The molecule has 0 aromatic rings. The van der Waals surface area contributed by atoms with Gasteiger partial charge in [0.15, 0.2) is 0 Å². The zero-order chi connectivity index (χ0) is 14.3. The van der Waals surface area contributed by atoms with Gasteiger partial charge >= 0.3 is 5.97 Å². The molecule has 18 heavy (non-hydrogen) atoms. The molecule has 2 atom stereocenters. The van der Waals surface area contributed by atoms with Crippen molar-refractivity contribution in [1.82, 2.24) is 5.32 Å². The second kappa shape index (κ2) is 7.39. The fourth-order valence-corrected chi connectivity index (χ4v) is 1.55. The van der Waals surface area contributed by atoms with E-state index >= 15 is 0 Å². The molecule has 0 saturated heterocycles. The van der Waals surface area contributed by atoms with Crippen LogP contribution in [-0.2, 0) is 9.59 Å². The summed E-state index contributed by atoms with van der Waals surface area (Å²) >= 11 is 0. The quantitative estimate of drug-likeness (QED) is 0.737. The van der Waals surface area contributed by atoms with Crippen molar-refractivity contribution in [2.24, 2.45) is 17.3 Å². The number of amides is 1. The number of carboxylic acids is 1.